The highest BCUT2D eigenvalue weighted by Crippen LogP contribution is 2.37. The number of phenols is 2. The molecule has 0 saturated heterocycles. The average molecular weight is 192 g/mol. The van der Waals surface area contributed by atoms with E-state index in [-0.39, 0.29) is 5.56 Å². The van der Waals surface area contributed by atoms with E-state index in [4.69, 9.17) is 10.2 Å². The number of halogens is 3. The van der Waals surface area contributed by atoms with E-state index in [0.29, 0.717) is 6.07 Å². The van der Waals surface area contributed by atoms with Crippen molar-refractivity contribution >= 4 is 0 Å². The molecule has 0 unspecified atom stereocenters. The Morgan fingerprint density at radius 2 is 1.69 bits per heavy atom. The number of hydrogen-bond acceptors (Lipinski definition) is 2. The molecule has 1 aromatic carbocycles. The van der Waals surface area contributed by atoms with Gasteiger partial charge in [0.15, 0.2) is 0 Å². The molecular weight excluding hydrogens is 185 g/mol. The van der Waals surface area contributed by atoms with Gasteiger partial charge >= 0.3 is 6.18 Å². The molecule has 0 spiro atoms. The molecule has 1 aromatic rings. The standard InChI is InChI=1S/C8H7F3O2/c1-4-6(8(9,10)11)2-5(12)3-7(4)13/h2-3,12-13H,1H3. The second-order valence-corrected chi connectivity index (χ2v) is 2.64. The van der Waals surface area contributed by atoms with Gasteiger partial charge in [-0.05, 0) is 13.0 Å². The zero-order valence-electron chi connectivity index (χ0n) is 6.68. The summed E-state index contributed by atoms with van der Waals surface area (Å²) >= 11 is 0. The van der Waals surface area contributed by atoms with Crippen LogP contribution in [0.1, 0.15) is 11.1 Å². The van der Waals surface area contributed by atoms with Crippen molar-refractivity contribution < 1.29 is 23.4 Å². The van der Waals surface area contributed by atoms with E-state index in [0.717, 1.165) is 13.0 Å². The molecule has 0 atom stereocenters. The van der Waals surface area contributed by atoms with Crippen molar-refractivity contribution in [2.24, 2.45) is 0 Å². The van der Waals surface area contributed by atoms with Crippen LogP contribution in [0, 0.1) is 6.92 Å². The molecule has 0 bridgehead atoms. The van der Waals surface area contributed by atoms with Crippen LogP contribution in [0.3, 0.4) is 0 Å². The maximum absolute atomic E-state index is 12.2. The highest BCUT2D eigenvalue weighted by Gasteiger charge is 2.33. The lowest BCUT2D eigenvalue weighted by Crippen LogP contribution is -2.07. The van der Waals surface area contributed by atoms with Crippen LogP contribution in [0.15, 0.2) is 12.1 Å². The number of benzene rings is 1. The third kappa shape index (κ3) is 1.85. The molecule has 1 rings (SSSR count). The van der Waals surface area contributed by atoms with Gasteiger partial charge in [0, 0.05) is 11.6 Å². The highest BCUT2D eigenvalue weighted by atomic mass is 19.4. The summed E-state index contributed by atoms with van der Waals surface area (Å²) in [5.74, 6) is -1.16. The van der Waals surface area contributed by atoms with E-state index in [1.54, 1.807) is 0 Å². The second-order valence-electron chi connectivity index (χ2n) is 2.64. The Labute approximate surface area is 72.2 Å². The molecule has 0 fully saturated rings. The summed E-state index contributed by atoms with van der Waals surface area (Å²) in [7, 11) is 0. The molecule has 2 N–H and O–H groups in total. The Balaban J connectivity index is 3.37. The molecule has 0 heterocycles. The van der Waals surface area contributed by atoms with Crippen LogP contribution < -0.4 is 0 Å². The minimum absolute atomic E-state index is 0.287. The lowest BCUT2D eigenvalue weighted by Gasteiger charge is -2.11. The predicted octanol–water partition coefficient (Wildman–Crippen LogP) is 2.43. The minimum Gasteiger partial charge on any atom is -0.508 e. The Bertz CT molecular complexity index is 331. The molecular formula is C8H7F3O2. The van der Waals surface area contributed by atoms with Gasteiger partial charge in [0.2, 0.25) is 0 Å². The number of hydrogen-bond donors (Lipinski definition) is 2. The van der Waals surface area contributed by atoms with Crippen molar-refractivity contribution in [1.29, 1.82) is 0 Å². The van der Waals surface area contributed by atoms with Crippen LogP contribution in [0.5, 0.6) is 11.5 Å². The van der Waals surface area contributed by atoms with E-state index >= 15 is 0 Å². The van der Waals surface area contributed by atoms with Gasteiger partial charge in [-0.1, -0.05) is 0 Å². The molecule has 72 valence electrons. The summed E-state index contributed by atoms with van der Waals surface area (Å²) in [6, 6.07) is 1.44. The quantitative estimate of drug-likeness (QED) is 0.662. The van der Waals surface area contributed by atoms with Crippen LogP contribution in [0.25, 0.3) is 0 Å². The minimum atomic E-state index is -4.56. The van der Waals surface area contributed by atoms with Gasteiger partial charge in [0.1, 0.15) is 11.5 Å². The topological polar surface area (TPSA) is 40.5 Å². The Hall–Kier alpha value is -1.39. The maximum atomic E-state index is 12.2. The number of phenolic OH excluding ortho intramolecular Hbond substituents is 2. The first kappa shape index (κ1) is 9.70. The van der Waals surface area contributed by atoms with Gasteiger partial charge in [0.25, 0.3) is 0 Å². The molecule has 0 aliphatic carbocycles. The highest BCUT2D eigenvalue weighted by molar-refractivity contribution is 5.45. The van der Waals surface area contributed by atoms with E-state index in [2.05, 4.69) is 0 Å². The summed E-state index contributed by atoms with van der Waals surface area (Å²) in [4.78, 5) is 0. The molecule has 2 nitrogen and oxygen atoms in total. The van der Waals surface area contributed by atoms with Gasteiger partial charge in [-0.25, -0.2) is 0 Å². The summed E-state index contributed by atoms with van der Waals surface area (Å²) < 4.78 is 36.6. The molecule has 0 aliphatic rings. The average Bonchev–Trinajstić information content (AvgIpc) is 1.94. The van der Waals surface area contributed by atoms with E-state index < -0.39 is 23.2 Å². The van der Waals surface area contributed by atoms with Crippen molar-refractivity contribution in [3.63, 3.8) is 0 Å². The van der Waals surface area contributed by atoms with E-state index in [1.165, 1.54) is 0 Å². The smallest absolute Gasteiger partial charge is 0.416 e. The third-order valence-corrected chi connectivity index (χ3v) is 1.67. The molecule has 0 aromatic heterocycles. The SMILES string of the molecule is Cc1c(O)cc(O)cc1C(F)(F)F. The first-order chi connectivity index (χ1) is 5.82. The largest absolute Gasteiger partial charge is 0.508 e. The third-order valence-electron chi connectivity index (χ3n) is 1.67. The van der Waals surface area contributed by atoms with Crippen molar-refractivity contribution in [2.45, 2.75) is 13.1 Å². The molecule has 5 heteroatoms. The Morgan fingerprint density at radius 1 is 1.15 bits per heavy atom. The predicted molar refractivity (Wildman–Crippen MR) is 39.5 cm³/mol. The fraction of sp³-hybridized carbons (Fsp3) is 0.250. The monoisotopic (exact) mass is 192 g/mol. The molecule has 0 amide bonds. The van der Waals surface area contributed by atoms with Crippen LogP contribution in [-0.2, 0) is 6.18 Å². The van der Waals surface area contributed by atoms with Gasteiger partial charge in [-0.3, -0.25) is 0 Å². The summed E-state index contributed by atoms with van der Waals surface area (Å²) in [5, 5.41) is 17.8. The zero-order chi connectivity index (χ0) is 10.2. The first-order valence-corrected chi connectivity index (χ1v) is 3.42. The number of rotatable bonds is 0. The zero-order valence-corrected chi connectivity index (χ0v) is 6.68. The van der Waals surface area contributed by atoms with Crippen molar-refractivity contribution in [2.75, 3.05) is 0 Å². The molecule has 0 radical (unpaired) electrons. The normalized spacial score (nSPS) is 11.7. The van der Waals surface area contributed by atoms with E-state index in [9.17, 15) is 13.2 Å². The van der Waals surface area contributed by atoms with Crippen LogP contribution in [0.4, 0.5) is 13.2 Å². The Morgan fingerprint density at radius 3 is 2.15 bits per heavy atom. The lowest BCUT2D eigenvalue weighted by atomic mass is 10.1. The van der Waals surface area contributed by atoms with Crippen LogP contribution in [0.2, 0.25) is 0 Å². The molecule has 13 heavy (non-hydrogen) atoms. The van der Waals surface area contributed by atoms with Crippen molar-refractivity contribution in [1.82, 2.24) is 0 Å². The maximum Gasteiger partial charge on any atom is 0.416 e. The summed E-state index contributed by atoms with van der Waals surface area (Å²) in [6.07, 6.45) is -4.56. The summed E-state index contributed by atoms with van der Waals surface area (Å²) in [6.45, 7) is 1.14. The van der Waals surface area contributed by atoms with Gasteiger partial charge < -0.3 is 10.2 Å². The fourth-order valence-electron chi connectivity index (χ4n) is 0.979. The lowest BCUT2D eigenvalue weighted by molar-refractivity contribution is -0.138. The number of alkyl halides is 3. The number of aromatic hydroxyl groups is 2. The van der Waals surface area contributed by atoms with Crippen molar-refractivity contribution in [3.8, 4) is 11.5 Å². The second kappa shape index (κ2) is 2.83. The van der Waals surface area contributed by atoms with Crippen molar-refractivity contribution in [3.05, 3.63) is 23.3 Å². The van der Waals surface area contributed by atoms with Crippen LogP contribution in [-0.4, -0.2) is 10.2 Å². The van der Waals surface area contributed by atoms with E-state index in [1.807, 2.05) is 0 Å². The molecule has 0 saturated carbocycles. The van der Waals surface area contributed by atoms with Crippen LogP contribution >= 0.6 is 0 Å². The van der Waals surface area contributed by atoms with Gasteiger partial charge in [0.05, 0.1) is 5.56 Å². The fourth-order valence-corrected chi connectivity index (χ4v) is 0.979. The Kier molecular flexibility index (Phi) is 2.11. The van der Waals surface area contributed by atoms with Gasteiger partial charge in [-0.2, -0.15) is 13.2 Å². The van der Waals surface area contributed by atoms with Gasteiger partial charge in [-0.15, -0.1) is 0 Å². The summed E-state index contributed by atoms with van der Waals surface area (Å²) in [5.41, 5.74) is -1.31. The first-order valence-electron chi connectivity index (χ1n) is 3.42. The molecule has 0 aliphatic heterocycles.